The van der Waals surface area contributed by atoms with Crippen LogP contribution in [-0.4, -0.2) is 49.5 Å². The fourth-order valence-corrected chi connectivity index (χ4v) is 3.63. The van der Waals surface area contributed by atoms with Gasteiger partial charge in [0.2, 0.25) is 5.89 Å². The highest BCUT2D eigenvalue weighted by Crippen LogP contribution is 2.31. The second-order valence-corrected chi connectivity index (χ2v) is 6.78. The minimum atomic E-state index is -0.0593. The van der Waals surface area contributed by atoms with Crippen LogP contribution < -0.4 is 0 Å². The average molecular weight is 332 g/mol. The van der Waals surface area contributed by atoms with Gasteiger partial charge in [-0.15, -0.1) is 10.2 Å². The molecule has 1 saturated carbocycles. The summed E-state index contributed by atoms with van der Waals surface area (Å²) in [5.41, 5.74) is 0. The van der Waals surface area contributed by atoms with Crippen molar-refractivity contribution in [3.63, 3.8) is 0 Å². The molecule has 0 amide bonds. The molecule has 24 heavy (non-hydrogen) atoms. The average Bonchev–Trinajstić information content (AvgIpc) is 3.25. The van der Waals surface area contributed by atoms with Crippen LogP contribution in [0, 0.1) is 0 Å². The third kappa shape index (κ3) is 3.34. The zero-order valence-corrected chi connectivity index (χ0v) is 14.1. The van der Waals surface area contributed by atoms with Gasteiger partial charge in [0.25, 0.3) is 0 Å². The molecule has 0 radical (unpaired) electrons. The molecule has 8 heteroatoms. The van der Waals surface area contributed by atoms with Crippen LogP contribution in [0.15, 0.2) is 10.9 Å². The number of morpholine rings is 1. The minimum absolute atomic E-state index is 0.0593. The molecule has 1 atom stereocenters. The normalized spacial score (nSPS) is 23.6. The molecule has 0 aromatic carbocycles. The summed E-state index contributed by atoms with van der Waals surface area (Å²) < 4.78 is 13.3. The van der Waals surface area contributed by atoms with E-state index in [2.05, 4.69) is 25.2 Å². The molecule has 2 aromatic heterocycles. The Labute approximate surface area is 141 Å². The number of aryl methyl sites for hydroxylation is 1. The summed E-state index contributed by atoms with van der Waals surface area (Å²) in [6.45, 7) is 2.99. The maximum atomic E-state index is 5.84. The summed E-state index contributed by atoms with van der Waals surface area (Å²) in [5, 5.41) is 12.3. The highest BCUT2D eigenvalue weighted by atomic mass is 16.5. The molecular weight excluding hydrogens is 308 g/mol. The number of rotatable bonds is 4. The predicted molar refractivity (Wildman–Crippen MR) is 85.1 cm³/mol. The van der Waals surface area contributed by atoms with E-state index >= 15 is 0 Å². The van der Waals surface area contributed by atoms with E-state index in [-0.39, 0.29) is 6.10 Å². The second kappa shape index (κ2) is 6.98. The Kier molecular flexibility index (Phi) is 4.57. The van der Waals surface area contributed by atoms with Crippen LogP contribution in [-0.2, 0) is 18.3 Å². The van der Waals surface area contributed by atoms with Crippen LogP contribution in [0.2, 0.25) is 0 Å². The third-order valence-electron chi connectivity index (χ3n) is 4.99. The monoisotopic (exact) mass is 332 g/mol. The smallest absolute Gasteiger partial charge is 0.229 e. The highest BCUT2D eigenvalue weighted by molar-refractivity contribution is 4.97. The summed E-state index contributed by atoms with van der Waals surface area (Å²) in [6.07, 6.45) is 7.86. The molecule has 1 aliphatic heterocycles. The summed E-state index contributed by atoms with van der Waals surface area (Å²) in [7, 11) is 1.94. The predicted octanol–water partition coefficient (Wildman–Crippen LogP) is 1.82. The topological polar surface area (TPSA) is 82.1 Å². The van der Waals surface area contributed by atoms with Gasteiger partial charge in [-0.3, -0.25) is 4.90 Å². The molecule has 2 fully saturated rings. The first-order valence-corrected chi connectivity index (χ1v) is 8.80. The molecule has 130 valence electrons. The van der Waals surface area contributed by atoms with Crippen molar-refractivity contribution < 1.29 is 9.26 Å². The first kappa shape index (κ1) is 15.7. The molecule has 0 bridgehead atoms. The Bertz CT molecular complexity index is 663. The Balaban J connectivity index is 1.38. The van der Waals surface area contributed by atoms with Crippen molar-refractivity contribution in [3.05, 3.63) is 23.9 Å². The zero-order chi connectivity index (χ0) is 16.4. The van der Waals surface area contributed by atoms with Crippen LogP contribution in [0.5, 0.6) is 0 Å². The van der Waals surface area contributed by atoms with Crippen molar-refractivity contribution in [1.82, 2.24) is 29.8 Å². The molecule has 1 unspecified atom stereocenters. The van der Waals surface area contributed by atoms with Gasteiger partial charge in [-0.1, -0.05) is 24.4 Å². The van der Waals surface area contributed by atoms with Gasteiger partial charge < -0.3 is 13.8 Å². The van der Waals surface area contributed by atoms with Gasteiger partial charge in [0, 0.05) is 26.1 Å². The van der Waals surface area contributed by atoms with Crippen molar-refractivity contribution in [2.24, 2.45) is 7.05 Å². The Morgan fingerprint density at radius 2 is 2.12 bits per heavy atom. The fourth-order valence-electron chi connectivity index (χ4n) is 3.63. The van der Waals surface area contributed by atoms with Crippen molar-refractivity contribution in [2.75, 3.05) is 19.7 Å². The first-order chi connectivity index (χ1) is 11.8. The van der Waals surface area contributed by atoms with Gasteiger partial charge in [0.05, 0.1) is 13.2 Å². The molecule has 0 N–H and O–H groups in total. The lowest BCUT2D eigenvalue weighted by molar-refractivity contribution is -0.0394. The molecule has 8 nitrogen and oxygen atoms in total. The van der Waals surface area contributed by atoms with E-state index in [1.807, 2.05) is 11.6 Å². The number of aromatic nitrogens is 5. The summed E-state index contributed by atoms with van der Waals surface area (Å²) in [5.74, 6) is 2.91. The third-order valence-corrected chi connectivity index (χ3v) is 4.99. The largest absolute Gasteiger partial charge is 0.368 e. The van der Waals surface area contributed by atoms with Gasteiger partial charge in [-0.05, 0) is 12.8 Å². The molecule has 1 aliphatic carbocycles. The second-order valence-electron chi connectivity index (χ2n) is 6.78. The van der Waals surface area contributed by atoms with Gasteiger partial charge in [0.15, 0.2) is 11.6 Å². The number of nitrogens with zero attached hydrogens (tertiary/aromatic N) is 6. The van der Waals surface area contributed by atoms with E-state index in [4.69, 9.17) is 9.26 Å². The SMILES string of the molecule is Cn1cnnc1C1CN(Cc2noc(C3CCCCC3)n2)CCO1. The van der Waals surface area contributed by atoms with Gasteiger partial charge >= 0.3 is 0 Å². The van der Waals surface area contributed by atoms with Crippen molar-refractivity contribution >= 4 is 0 Å². The first-order valence-electron chi connectivity index (χ1n) is 8.80. The van der Waals surface area contributed by atoms with E-state index in [1.165, 1.54) is 32.1 Å². The maximum Gasteiger partial charge on any atom is 0.229 e. The van der Waals surface area contributed by atoms with E-state index in [0.717, 1.165) is 30.6 Å². The number of hydrogen-bond donors (Lipinski definition) is 0. The van der Waals surface area contributed by atoms with Crippen LogP contribution in [0.4, 0.5) is 0 Å². The molecule has 0 spiro atoms. The van der Waals surface area contributed by atoms with Crippen LogP contribution in [0.25, 0.3) is 0 Å². The lowest BCUT2D eigenvalue weighted by Gasteiger charge is -2.31. The summed E-state index contributed by atoms with van der Waals surface area (Å²) in [6, 6.07) is 0. The highest BCUT2D eigenvalue weighted by Gasteiger charge is 2.27. The molecule has 2 aromatic rings. The molecule has 1 saturated heterocycles. The fraction of sp³-hybridized carbons (Fsp3) is 0.750. The van der Waals surface area contributed by atoms with Gasteiger partial charge in [-0.2, -0.15) is 4.98 Å². The van der Waals surface area contributed by atoms with Gasteiger partial charge in [0.1, 0.15) is 12.4 Å². The van der Waals surface area contributed by atoms with Gasteiger partial charge in [-0.25, -0.2) is 0 Å². The number of hydrogen-bond acceptors (Lipinski definition) is 7. The maximum absolute atomic E-state index is 5.84. The van der Waals surface area contributed by atoms with Crippen molar-refractivity contribution in [1.29, 1.82) is 0 Å². The quantitative estimate of drug-likeness (QED) is 0.844. The molecule has 2 aliphatic rings. The van der Waals surface area contributed by atoms with E-state index < -0.39 is 0 Å². The molecule has 3 heterocycles. The lowest BCUT2D eigenvalue weighted by atomic mass is 9.89. The van der Waals surface area contributed by atoms with Crippen LogP contribution in [0.3, 0.4) is 0 Å². The number of ether oxygens (including phenoxy) is 1. The van der Waals surface area contributed by atoms with Crippen molar-refractivity contribution in [3.8, 4) is 0 Å². The molecular formula is C16H24N6O2. The van der Waals surface area contributed by atoms with E-state index in [0.29, 0.717) is 19.1 Å². The Morgan fingerprint density at radius 3 is 2.92 bits per heavy atom. The van der Waals surface area contributed by atoms with E-state index in [1.54, 1.807) is 6.33 Å². The van der Waals surface area contributed by atoms with Crippen LogP contribution in [0.1, 0.15) is 61.7 Å². The zero-order valence-electron chi connectivity index (χ0n) is 14.1. The Morgan fingerprint density at radius 1 is 1.25 bits per heavy atom. The molecule has 4 rings (SSSR count). The summed E-state index contributed by atoms with van der Waals surface area (Å²) in [4.78, 5) is 6.93. The minimum Gasteiger partial charge on any atom is -0.368 e. The standard InChI is InChI=1S/C16H24N6O2/c1-21-11-17-19-15(21)13-9-22(7-8-23-13)10-14-18-16(24-20-14)12-5-3-2-4-6-12/h11-13H,2-10H2,1H3. The van der Waals surface area contributed by atoms with Crippen LogP contribution >= 0.6 is 0 Å². The van der Waals surface area contributed by atoms with E-state index in [9.17, 15) is 0 Å². The summed E-state index contributed by atoms with van der Waals surface area (Å²) >= 11 is 0. The lowest BCUT2D eigenvalue weighted by Crippen LogP contribution is -2.38. The van der Waals surface area contributed by atoms with Crippen molar-refractivity contribution in [2.45, 2.75) is 50.7 Å². The Hall–Kier alpha value is -1.80.